The summed E-state index contributed by atoms with van der Waals surface area (Å²) in [5.74, 6) is 1.26. The molecule has 23 heavy (non-hydrogen) atoms. The predicted molar refractivity (Wildman–Crippen MR) is 92.9 cm³/mol. The minimum Gasteiger partial charge on any atom is -0.497 e. The van der Waals surface area contributed by atoms with Crippen LogP contribution in [0.2, 0.25) is 0 Å². The minimum atomic E-state index is -0.231. The van der Waals surface area contributed by atoms with Crippen LogP contribution in [-0.4, -0.2) is 24.0 Å². The molecule has 0 spiro atoms. The van der Waals surface area contributed by atoms with Gasteiger partial charge < -0.3 is 9.47 Å². The second-order valence-corrected chi connectivity index (χ2v) is 5.85. The Kier molecular flexibility index (Phi) is 4.09. The van der Waals surface area contributed by atoms with Crippen LogP contribution in [0.3, 0.4) is 0 Å². The van der Waals surface area contributed by atoms with Gasteiger partial charge in [0.15, 0.2) is 0 Å². The second-order valence-electron chi connectivity index (χ2n) is 5.06. The monoisotopic (exact) mass is 374 g/mol. The van der Waals surface area contributed by atoms with Gasteiger partial charge in [-0.25, -0.2) is 0 Å². The van der Waals surface area contributed by atoms with E-state index in [9.17, 15) is 4.79 Å². The van der Waals surface area contributed by atoms with E-state index >= 15 is 0 Å². The molecular formula is C17H15BrN2O3. The molecule has 0 N–H and O–H groups in total. The summed E-state index contributed by atoms with van der Waals surface area (Å²) >= 11 is 3.52. The van der Waals surface area contributed by atoms with Gasteiger partial charge in [0.1, 0.15) is 11.5 Å². The highest BCUT2D eigenvalue weighted by atomic mass is 79.9. The van der Waals surface area contributed by atoms with Crippen LogP contribution in [0.25, 0.3) is 16.5 Å². The molecule has 0 saturated heterocycles. The summed E-state index contributed by atoms with van der Waals surface area (Å²) in [6.07, 6.45) is 1.67. The molecule has 118 valence electrons. The van der Waals surface area contributed by atoms with E-state index in [0.717, 1.165) is 21.2 Å². The van der Waals surface area contributed by atoms with E-state index in [1.807, 2.05) is 13.0 Å². The third-order valence-electron chi connectivity index (χ3n) is 3.69. The lowest BCUT2D eigenvalue weighted by atomic mass is 10.1. The molecule has 6 heteroatoms. The van der Waals surface area contributed by atoms with Gasteiger partial charge in [-0.3, -0.25) is 4.79 Å². The molecule has 0 aliphatic heterocycles. The van der Waals surface area contributed by atoms with Gasteiger partial charge in [0, 0.05) is 9.86 Å². The molecule has 0 aliphatic carbocycles. The fourth-order valence-electron chi connectivity index (χ4n) is 2.47. The summed E-state index contributed by atoms with van der Waals surface area (Å²) in [4.78, 5) is 12.9. The smallest absolute Gasteiger partial charge is 0.283 e. The number of nitrogens with zero attached hydrogens (tertiary/aromatic N) is 2. The SMILES string of the molecule is COc1ccc(-n2ncc3c(Br)c(C)cc(OC)c3c2=O)cc1. The Morgan fingerprint density at radius 2 is 1.83 bits per heavy atom. The number of halogens is 1. The molecule has 3 rings (SSSR count). The van der Waals surface area contributed by atoms with Crippen LogP contribution in [0.5, 0.6) is 11.5 Å². The zero-order valence-electron chi connectivity index (χ0n) is 13.0. The molecule has 0 bridgehead atoms. The average Bonchev–Trinajstić information content (AvgIpc) is 2.58. The van der Waals surface area contributed by atoms with Crippen molar-refractivity contribution in [2.75, 3.05) is 14.2 Å². The summed E-state index contributed by atoms with van der Waals surface area (Å²) < 4.78 is 12.7. The zero-order valence-corrected chi connectivity index (χ0v) is 14.5. The van der Waals surface area contributed by atoms with Gasteiger partial charge in [0.05, 0.1) is 31.5 Å². The van der Waals surface area contributed by atoms with Crippen LogP contribution in [0.1, 0.15) is 5.56 Å². The topological polar surface area (TPSA) is 53.4 Å². The molecule has 0 atom stereocenters. The molecule has 0 unspecified atom stereocenters. The van der Waals surface area contributed by atoms with Crippen molar-refractivity contribution in [1.82, 2.24) is 9.78 Å². The van der Waals surface area contributed by atoms with Crippen molar-refractivity contribution < 1.29 is 9.47 Å². The molecule has 0 aliphatic rings. The number of benzene rings is 2. The van der Waals surface area contributed by atoms with E-state index in [1.165, 1.54) is 4.68 Å². The first-order chi connectivity index (χ1) is 11.1. The number of hydrogen-bond acceptors (Lipinski definition) is 4. The van der Waals surface area contributed by atoms with Gasteiger partial charge in [-0.05, 0) is 58.7 Å². The summed E-state index contributed by atoms with van der Waals surface area (Å²) in [5, 5.41) is 5.52. The van der Waals surface area contributed by atoms with Crippen LogP contribution in [0.4, 0.5) is 0 Å². The number of hydrogen-bond donors (Lipinski definition) is 0. The quantitative estimate of drug-likeness (QED) is 0.704. The van der Waals surface area contributed by atoms with Gasteiger partial charge >= 0.3 is 0 Å². The highest BCUT2D eigenvalue weighted by Crippen LogP contribution is 2.32. The lowest BCUT2D eigenvalue weighted by Gasteiger charge is -2.12. The lowest BCUT2D eigenvalue weighted by molar-refractivity contribution is 0.414. The highest BCUT2D eigenvalue weighted by Gasteiger charge is 2.15. The molecule has 2 aromatic carbocycles. The fraction of sp³-hybridized carbons (Fsp3) is 0.176. The van der Waals surface area contributed by atoms with E-state index in [4.69, 9.17) is 9.47 Å². The van der Waals surface area contributed by atoms with Crippen molar-refractivity contribution in [2.24, 2.45) is 0 Å². The third kappa shape index (κ3) is 2.59. The van der Waals surface area contributed by atoms with E-state index < -0.39 is 0 Å². The van der Waals surface area contributed by atoms with Gasteiger partial charge in [-0.2, -0.15) is 9.78 Å². The summed E-state index contributed by atoms with van der Waals surface area (Å²) in [7, 11) is 3.15. The van der Waals surface area contributed by atoms with E-state index in [0.29, 0.717) is 16.8 Å². The van der Waals surface area contributed by atoms with Crippen molar-refractivity contribution in [3.05, 3.63) is 56.9 Å². The highest BCUT2D eigenvalue weighted by molar-refractivity contribution is 9.10. The Balaban J connectivity index is 2.30. The molecule has 0 amide bonds. The number of aryl methyl sites for hydroxylation is 1. The number of rotatable bonds is 3. The van der Waals surface area contributed by atoms with Crippen LogP contribution in [0.15, 0.2) is 45.8 Å². The van der Waals surface area contributed by atoms with Crippen molar-refractivity contribution in [2.45, 2.75) is 6.92 Å². The number of fused-ring (bicyclic) bond motifs is 1. The molecule has 5 nitrogen and oxygen atoms in total. The van der Waals surface area contributed by atoms with E-state index in [-0.39, 0.29) is 5.56 Å². The van der Waals surface area contributed by atoms with Gasteiger partial charge in [-0.1, -0.05) is 0 Å². The lowest BCUT2D eigenvalue weighted by Crippen LogP contribution is -2.21. The Morgan fingerprint density at radius 3 is 2.43 bits per heavy atom. The minimum absolute atomic E-state index is 0.231. The molecule has 0 radical (unpaired) electrons. The zero-order chi connectivity index (χ0) is 16.6. The average molecular weight is 375 g/mol. The molecule has 1 heterocycles. The summed E-state index contributed by atoms with van der Waals surface area (Å²) in [6.45, 7) is 1.95. The largest absolute Gasteiger partial charge is 0.497 e. The maximum Gasteiger partial charge on any atom is 0.283 e. The molecule has 1 aromatic heterocycles. The summed E-state index contributed by atoms with van der Waals surface area (Å²) in [6, 6.07) is 8.99. The molecule has 0 fully saturated rings. The Labute approximate surface area is 141 Å². The van der Waals surface area contributed by atoms with E-state index in [2.05, 4.69) is 21.0 Å². The van der Waals surface area contributed by atoms with Gasteiger partial charge in [0.25, 0.3) is 5.56 Å². The number of aromatic nitrogens is 2. The normalized spacial score (nSPS) is 10.8. The van der Waals surface area contributed by atoms with Crippen LogP contribution >= 0.6 is 15.9 Å². The van der Waals surface area contributed by atoms with Crippen LogP contribution in [-0.2, 0) is 0 Å². The maximum atomic E-state index is 12.9. The first-order valence-corrected chi connectivity index (χ1v) is 7.75. The van der Waals surface area contributed by atoms with Gasteiger partial charge in [-0.15, -0.1) is 0 Å². The molecule has 0 saturated carbocycles. The van der Waals surface area contributed by atoms with E-state index in [1.54, 1.807) is 44.7 Å². The van der Waals surface area contributed by atoms with Gasteiger partial charge in [0.2, 0.25) is 0 Å². The predicted octanol–water partition coefficient (Wildman–Crippen LogP) is 3.47. The van der Waals surface area contributed by atoms with Crippen molar-refractivity contribution in [3.8, 4) is 17.2 Å². The Bertz CT molecular complexity index is 933. The van der Waals surface area contributed by atoms with Crippen molar-refractivity contribution >= 4 is 26.7 Å². The fourth-order valence-corrected chi connectivity index (χ4v) is 2.89. The number of methoxy groups -OCH3 is 2. The third-order valence-corrected chi connectivity index (χ3v) is 4.74. The molecule has 3 aromatic rings. The Hall–Kier alpha value is -2.34. The number of ether oxygens (including phenoxy) is 2. The van der Waals surface area contributed by atoms with Crippen LogP contribution < -0.4 is 15.0 Å². The van der Waals surface area contributed by atoms with Crippen LogP contribution in [0, 0.1) is 6.92 Å². The summed E-state index contributed by atoms with van der Waals surface area (Å²) in [5.41, 5.74) is 1.42. The van der Waals surface area contributed by atoms with Crippen molar-refractivity contribution in [1.29, 1.82) is 0 Å². The standard InChI is InChI=1S/C17H15BrN2O3/c1-10-8-14(23-3)15-13(16(10)18)9-19-20(17(15)21)11-4-6-12(22-2)7-5-11/h4-9H,1-3H3. The molecular weight excluding hydrogens is 360 g/mol. The van der Waals surface area contributed by atoms with Crippen molar-refractivity contribution in [3.63, 3.8) is 0 Å². The first-order valence-electron chi connectivity index (χ1n) is 6.96. The second kappa shape index (κ2) is 6.04. The maximum absolute atomic E-state index is 12.9. The first kappa shape index (κ1) is 15.6. The Morgan fingerprint density at radius 1 is 1.13 bits per heavy atom.